The van der Waals surface area contributed by atoms with Gasteiger partial charge in [0.2, 0.25) is 0 Å². The molecule has 0 saturated heterocycles. The van der Waals surface area contributed by atoms with Crippen molar-refractivity contribution in [2.75, 3.05) is 0 Å². The molecule has 0 aliphatic rings. The topological polar surface area (TPSA) is 34.1 Å². The molecule has 0 radical (unpaired) electrons. The zero-order valence-electron chi connectivity index (χ0n) is 7.55. The summed E-state index contributed by atoms with van der Waals surface area (Å²) >= 11 is 0. The van der Waals surface area contributed by atoms with Crippen LogP contribution in [0.3, 0.4) is 0 Å². The molecule has 0 saturated carbocycles. The molecule has 0 aliphatic heterocycles. The molecular formula is C8H5F5O2S. The van der Waals surface area contributed by atoms with Crippen LogP contribution in [-0.2, 0) is 22.2 Å². The van der Waals surface area contributed by atoms with Crippen LogP contribution in [0.1, 0.15) is 11.1 Å². The Morgan fingerprint density at radius 2 is 1.69 bits per heavy atom. The maximum absolute atomic E-state index is 12.7. The van der Waals surface area contributed by atoms with E-state index in [2.05, 4.69) is 0 Å². The molecule has 1 aromatic rings. The van der Waals surface area contributed by atoms with Crippen LogP contribution in [0.4, 0.5) is 21.4 Å². The van der Waals surface area contributed by atoms with Gasteiger partial charge in [-0.25, -0.2) is 4.39 Å². The molecule has 8 heteroatoms. The molecule has 1 rings (SSSR count). The van der Waals surface area contributed by atoms with Crippen molar-refractivity contribution in [3.63, 3.8) is 0 Å². The van der Waals surface area contributed by atoms with Crippen LogP contribution >= 0.6 is 0 Å². The maximum atomic E-state index is 12.7. The average molecular weight is 260 g/mol. The van der Waals surface area contributed by atoms with Crippen molar-refractivity contribution >= 4 is 10.2 Å². The lowest BCUT2D eigenvalue weighted by Crippen LogP contribution is -2.07. The highest BCUT2D eigenvalue weighted by Crippen LogP contribution is 2.30. The van der Waals surface area contributed by atoms with E-state index in [1.165, 1.54) is 0 Å². The molecule has 0 heterocycles. The summed E-state index contributed by atoms with van der Waals surface area (Å²) in [6, 6.07) is 1.13. The Kier molecular flexibility index (Phi) is 3.22. The first-order valence-corrected chi connectivity index (χ1v) is 5.42. The Morgan fingerprint density at radius 3 is 2.12 bits per heavy atom. The van der Waals surface area contributed by atoms with Crippen molar-refractivity contribution in [3.8, 4) is 0 Å². The number of halogens is 5. The number of benzene rings is 1. The van der Waals surface area contributed by atoms with E-state index >= 15 is 0 Å². The Bertz CT molecular complexity index is 492. The van der Waals surface area contributed by atoms with Gasteiger partial charge in [0, 0.05) is 0 Å². The smallest absolute Gasteiger partial charge is 0.207 e. The van der Waals surface area contributed by atoms with Crippen LogP contribution in [0.5, 0.6) is 0 Å². The van der Waals surface area contributed by atoms with Gasteiger partial charge in [0.15, 0.2) is 0 Å². The fraction of sp³-hybridized carbons (Fsp3) is 0.250. The molecule has 0 bridgehead atoms. The minimum absolute atomic E-state index is 0.203. The highest BCUT2D eigenvalue weighted by molar-refractivity contribution is 7.85. The molecular weight excluding hydrogens is 255 g/mol. The first-order valence-electron chi connectivity index (χ1n) is 3.87. The molecule has 0 amide bonds. The molecule has 0 N–H and O–H groups in total. The van der Waals surface area contributed by atoms with Crippen molar-refractivity contribution in [2.24, 2.45) is 0 Å². The SMILES string of the molecule is O=S(=O)(F)Cc1cc(F)cc(C(F)(F)F)c1. The van der Waals surface area contributed by atoms with Gasteiger partial charge in [-0.05, 0) is 23.8 Å². The van der Waals surface area contributed by atoms with Gasteiger partial charge in [0.1, 0.15) is 11.6 Å². The van der Waals surface area contributed by atoms with Crippen LogP contribution < -0.4 is 0 Å². The minimum atomic E-state index is -4.99. The summed E-state index contributed by atoms with van der Waals surface area (Å²) < 4.78 is 81.8. The quantitative estimate of drug-likeness (QED) is 0.605. The molecule has 1 aromatic carbocycles. The summed E-state index contributed by atoms with van der Waals surface area (Å²) in [4.78, 5) is 0. The molecule has 0 atom stereocenters. The van der Waals surface area contributed by atoms with Crippen molar-refractivity contribution < 1.29 is 29.9 Å². The molecule has 0 aliphatic carbocycles. The molecule has 0 unspecified atom stereocenters. The van der Waals surface area contributed by atoms with Gasteiger partial charge >= 0.3 is 16.4 Å². The third-order valence-corrected chi connectivity index (χ3v) is 2.30. The second kappa shape index (κ2) is 4.00. The monoisotopic (exact) mass is 260 g/mol. The number of rotatable bonds is 2. The second-order valence-corrected chi connectivity index (χ2v) is 4.40. The van der Waals surface area contributed by atoms with Gasteiger partial charge in [0.25, 0.3) is 0 Å². The van der Waals surface area contributed by atoms with Gasteiger partial charge < -0.3 is 0 Å². The Hall–Kier alpha value is -1.18. The fourth-order valence-corrected chi connectivity index (χ4v) is 1.66. The van der Waals surface area contributed by atoms with Crippen LogP contribution in [0.25, 0.3) is 0 Å². The molecule has 16 heavy (non-hydrogen) atoms. The van der Waals surface area contributed by atoms with Gasteiger partial charge in [-0.1, -0.05) is 0 Å². The van der Waals surface area contributed by atoms with Crippen LogP contribution in [-0.4, -0.2) is 8.42 Å². The number of hydrogen-bond acceptors (Lipinski definition) is 2. The maximum Gasteiger partial charge on any atom is 0.416 e. The Balaban J connectivity index is 3.19. The Morgan fingerprint density at radius 1 is 1.12 bits per heavy atom. The zero-order chi connectivity index (χ0) is 12.6. The second-order valence-electron chi connectivity index (χ2n) is 3.03. The van der Waals surface area contributed by atoms with E-state index < -0.39 is 39.1 Å². The average Bonchev–Trinajstić information content (AvgIpc) is 1.97. The highest BCUT2D eigenvalue weighted by Gasteiger charge is 2.31. The van der Waals surface area contributed by atoms with Crippen molar-refractivity contribution in [1.82, 2.24) is 0 Å². The predicted octanol–water partition coefficient (Wildman–Crippen LogP) is 2.64. The van der Waals surface area contributed by atoms with Crippen LogP contribution in [0.2, 0.25) is 0 Å². The first kappa shape index (κ1) is 12.9. The molecule has 0 spiro atoms. The van der Waals surface area contributed by atoms with Gasteiger partial charge in [0.05, 0.1) is 5.56 Å². The van der Waals surface area contributed by atoms with Gasteiger partial charge in [-0.2, -0.15) is 21.6 Å². The number of alkyl halides is 3. The Labute approximate surface area is 87.9 Å². The van der Waals surface area contributed by atoms with Crippen molar-refractivity contribution in [1.29, 1.82) is 0 Å². The van der Waals surface area contributed by atoms with E-state index in [0.29, 0.717) is 12.1 Å². The summed E-state index contributed by atoms with van der Waals surface area (Å²) in [5.41, 5.74) is -1.94. The molecule has 0 fully saturated rings. The molecule has 2 nitrogen and oxygen atoms in total. The summed E-state index contributed by atoms with van der Waals surface area (Å²) in [5, 5.41) is 0. The normalized spacial score (nSPS) is 12.8. The minimum Gasteiger partial charge on any atom is -0.207 e. The lowest BCUT2D eigenvalue weighted by molar-refractivity contribution is -0.137. The van der Waals surface area contributed by atoms with Crippen molar-refractivity contribution in [3.05, 3.63) is 35.1 Å². The lowest BCUT2D eigenvalue weighted by atomic mass is 10.1. The summed E-state index contributed by atoms with van der Waals surface area (Å²) in [6.07, 6.45) is -4.81. The summed E-state index contributed by atoms with van der Waals surface area (Å²) in [5.74, 6) is -2.55. The third-order valence-electron chi connectivity index (χ3n) is 1.62. The summed E-state index contributed by atoms with van der Waals surface area (Å²) in [7, 11) is -4.99. The summed E-state index contributed by atoms with van der Waals surface area (Å²) in [6.45, 7) is 0. The van der Waals surface area contributed by atoms with Crippen LogP contribution in [0, 0.1) is 5.82 Å². The third kappa shape index (κ3) is 3.76. The highest BCUT2D eigenvalue weighted by atomic mass is 32.3. The van der Waals surface area contributed by atoms with E-state index in [-0.39, 0.29) is 6.07 Å². The van der Waals surface area contributed by atoms with E-state index in [0.717, 1.165) is 0 Å². The van der Waals surface area contributed by atoms with Crippen LogP contribution in [0.15, 0.2) is 18.2 Å². The zero-order valence-corrected chi connectivity index (χ0v) is 8.37. The lowest BCUT2D eigenvalue weighted by Gasteiger charge is -2.08. The van der Waals surface area contributed by atoms with E-state index in [9.17, 15) is 29.9 Å². The number of hydrogen-bond donors (Lipinski definition) is 0. The first-order chi connectivity index (χ1) is 7.08. The van der Waals surface area contributed by atoms with E-state index in [4.69, 9.17) is 0 Å². The van der Waals surface area contributed by atoms with Crippen molar-refractivity contribution in [2.45, 2.75) is 11.9 Å². The fourth-order valence-electron chi connectivity index (χ4n) is 1.10. The standard InChI is InChI=1S/C8H5F5O2S/c9-7-2-5(4-16(13,14)15)1-6(3-7)8(10,11)12/h1-3H,4H2. The molecule has 90 valence electrons. The van der Waals surface area contributed by atoms with E-state index in [1.807, 2.05) is 0 Å². The largest absolute Gasteiger partial charge is 0.416 e. The van der Waals surface area contributed by atoms with E-state index in [1.54, 1.807) is 0 Å². The van der Waals surface area contributed by atoms with Gasteiger partial charge in [-0.3, -0.25) is 0 Å². The molecule has 0 aromatic heterocycles. The van der Waals surface area contributed by atoms with Gasteiger partial charge in [-0.15, -0.1) is 3.89 Å². The predicted molar refractivity (Wildman–Crippen MR) is 45.1 cm³/mol.